The van der Waals surface area contributed by atoms with Gasteiger partial charge in [0, 0.05) is 25.5 Å². The van der Waals surface area contributed by atoms with Crippen LogP contribution in [0.15, 0.2) is 0 Å². The Kier molecular flexibility index (Phi) is 2.16. The Morgan fingerprint density at radius 2 is 2.56 bits per heavy atom. The molecule has 1 aliphatic rings. The standard InChI is InChI=1S/C5H9ClN2O/c6-1-3-8-4-2-7-5(8)9/h1-4H2,(H,7,9). The van der Waals surface area contributed by atoms with Crippen molar-refractivity contribution in [3.05, 3.63) is 0 Å². The number of carbonyl (C=O) groups is 1. The molecule has 3 nitrogen and oxygen atoms in total. The Bertz CT molecular complexity index is 118. The highest BCUT2D eigenvalue weighted by Crippen LogP contribution is 1.95. The molecule has 2 amide bonds. The number of nitrogens with one attached hydrogen (secondary N) is 1. The summed E-state index contributed by atoms with van der Waals surface area (Å²) in [7, 11) is 0. The first-order valence-corrected chi connectivity index (χ1v) is 3.47. The minimum atomic E-state index is 0.00986. The van der Waals surface area contributed by atoms with Gasteiger partial charge in [-0.05, 0) is 0 Å². The first-order chi connectivity index (χ1) is 4.34. The highest BCUT2D eigenvalue weighted by molar-refractivity contribution is 6.18. The fourth-order valence-electron chi connectivity index (χ4n) is 0.827. The van der Waals surface area contributed by atoms with Crippen molar-refractivity contribution in [2.24, 2.45) is 0 Å². The molecule has 1 aliphatic heterocycles. The average Bonchev–Trinajstić information content (AvgIpc) is 2.18. The van der Waals surface area contributed by atoms with Gasteiger partial charge in [0.05, 0.1) is 0 Å². The van der Waals surface area contributed by atoms with Crippen molar-refractivity contribution < 1.29 is 4.79 Å². The Hall–Kier alpha value is -0.440. The molecule has 1 N–H and O–H groups in total. The summed E-state index contributed by atoms with van der Waals surface area (Å²) in [6.45, 7) is 2.22. The van der Waals surface area contributed by atoms with E-state index in [-0.39, 0.29) is 6.03 Å². The number of hydrogen-bond acceptors (Lipinski definition) is 1. The summed E-state index contributed by atoms with van der Waals surface area (Å²) >= 11 is 5.43. The quantitative estimate of drug-likeness (QED) is 0.560. The van der Waals surface area contributed by atoms with E-state index in [0.29, 0.717) is 12.4 Å². The molecule has 0 aromatic carbocycles. The average molecular weight is 149 g/mol. The molecule has 1 heterocycles. The van der Waals surface area contributed by atoms with Gasteiger partial charge in [-0.3, -0.25) is 0 Å². The van der Waals surface area contributed by atoms with Gasteiger partial charge in [-0.1, -0.05) is 0 Å². The summed E-state index contributed by atoms with van der Waals surface area (Å²) in [6, 6.07) is 0.00986. The van der Waals surface area contributed by atoms with Crippen LogP contribution in [0.2, 0.25) is 0 Å². The molecule has 1 rings (SSSR count). The molecule has 0 atom stereocenters. The molecule has 0 spiro atoms. The van der Waals surface area contributed by atoms with Gasteiger partial charge in [0.1, 0.15) is 0 Å². The van der Waals surface area contributed by atoms with Crippen molar-refractivity contribution in [3.8, 4) is 0 Å². The van der Waals surface area contributed by atoms with Gasteiger partial charge in [0.2, 0.25) is 0 Å². The van der Waals surface area contributed by atoms with E-state index in [4.69, 9.17) is 11.6 Å². The lowest BCUT2D eigenvalue weighted by atomic mass is 10.6. The molecule has 0 aromatic rings. The fourth-order valence-corrected chi connectivity index (χ4v) is 1.03. The molecule has 4 heteroatoms. The van der Waals surface area contributed by atoms with E-state index in [9.17, 15) is 4.79 Å². The van der Waals surface area contributed by atoms with Gasteiger partial charge in [-0.25, -0.2) is 4.79 Å². The van der Waals surface area contributed by atoms with Crippen LogP contribution in [0.1, 0.15) is 0 Å². The van der Waals surface area contributed by atoms with Crippen molar-refractivity contribution in [3.63, 3.8) is 0 Å². The third-order valence-corrected chi connectivity index (χ3v) is 1.47. The number of hydrogen-bond donors (Lipinski definition) is 1. The first-order valence-electron chi connectivity index (χ1n) is 2.93. The molecule has 1 saturated heterocycles. The van der Waals surface area contributed by atoms with Crippen LogP contribution in [0.3, 0.4) is 0 Å². The number of alkyl halides is 1. The zero-order chi connectivity index (χ0) is 6.69. The van der Waals surface area contributed by atoms with Crippen molar-refractivity contribution in [2.45, 2.75) is 0 Å². The number of rotatable bonds is 2. The highest BCUT2D eigenvalue weighted by Gasteiger charge is 2.17. The van der Waals surface area contributed by atoms with Crippen LogP contribution in [0.4, 0.5) is 4.79 Å². The van der Waals surface area contributed by atoms with Crippen LogP contribution in [-0.4, -0.2) is 36.4 Å². The summed E-state index contributed by atoms with van der Waals surface area (Å²) in [5, 5.41) is 2.68. The lowest BCUT2D eigenvalue weighted by Crippen LogP contribution is -2.29. The van der Waals surface area contributed by atoms with E-state index >= 15 is 0 Å². The van der Waals surface area contributed by atoms with Gasteiger partial charge < -0.3 is 10.2 Å². The fraction of sp³-hybridized carbons (Fsp3) is 0.800. The Labute approximate surface area is 59.0 Å². The molecule has 0 saturated carbocycles. The van der Waals surface area contributed by atoms with Crippen molar-refractivity contribution in [1.29, 1.82) is 0 Å². The SMILES string of the molecule is O=C1NCCN1CCCl. The topological polar surface area (TPSA) is 32.3 Å². The maximum Gasteiger partial charge on any atom is 0.317 e. The molecule has 0 aromatic heterocycles. The number of halogens is 1. The number of amides is 2. The molecule has 0 bridgehead atoms. The maximum absolute atomic E-state index is 10.7. The second-order valence-corrected chi connectivity index (χ2v) is 2.29. The molecule has 1 fully saturated rings. The Balaban J connectivity index is 2.31. The van der Waals surface area contributed by atoms with Crippen LogP contribution < -0.4 is 5.32 Å². The van der Waals surface area contributed by atoms with Crippen LogP contribution in [0, 0.1) is 0 Å². The normalized spacial score (nSPS) is 18.3. The van der Waals surface area contributed by atoms with Crippen molar-refractivity contribution in [1.82, 2.24) is 10.2 Å². The van der Waals surface area contributed by atoms with Gasteiger partial charge in [-0.2, -0.15) is 0 Å². The first kappa shape index (κ1) is 6.68. The Morgan fingerprint density at radius 3 is 3.00 bits per heavy atom. The maximum atomic E-state index is 10.7. The van der Waals surface area contributed by atoms with Gasteiger partial charge in [-0.15, -0.1) is 11.6 Å². The number of carbonyl (C=O) groups excluding carboxylic acids is 1. The van der Waals surface area contributed by atoms with Crippen LogP contribution >= 0.6 is 11.6 Å². The monoisotopic (exact) mass is 148 g/mol. The van der Waals surface area contributed by atoms with Gasteiger partial charge in [0.15, 0.2) is 0 Å². The van der Waals surface area contributed by atoms with Crippen LogP contribution in [0.5, 0.6) is 0 Å². The summed E-state index contributed by atoms with van der Waals surface area (Å²) in [6.07, 6.45) is 0. The van der Waals surface area contributed by atoms with E-state index in [1.807, 2.05) is 0 Å². The molecular weight excluding hydrogens is 140 g/mol. The number of urea groups is 1. The van der Waals surface area contributed by atoms with Crippen molar-refractivity contribution >= 4 is 17.6 Å². The van der Waals surface area contributed by atoms with Crippen LogP contribution in [0.25, 0.3) is 0 Å². The second kappa shape index (κ2) is 2.92. The molecule has 52 valence electrons. The van der Waals surface area contributed by atoms with Crippen molar-refractivity contribution in [2.75, 3.05) is 25.5 Å². The third-order valence-electron chi connectivity index (χ3n) is 1.30. The van der Waals surface area contributed by atoms with E-state index in [0.717, 1.165) is 13.1 Å². The zero-order valence-corrected chi connectivity index (χ0v) is 5.82. The minimum absolute atomic E-state index is 0.00986. The van der Waals surface area contributed by atoms with Crippen LogP contribution in [-0.2, 0) is 0 Å². The smallest absolute Gasteiger partial charge is 0.317 e. The summed E-state index contributed by atoms with van der Waals surface area (Å²) < 4.78 is 0. The number of nitrogens with zero attached hydrogens (tertiary/aromatic N) is 1. The van der Waals surface area contributed by atoms with E-state index in [1.165, 1.54) is 0 Å². The zero-order valence-electron chi connectivity index (χ0n) is 5.06. The largest absolute Gasteiger partial charge is 0.336 e. The predicted octanol–water partition coefficient (Wildman–Crippen LogP) is 0.250. The lowest BCUT2D eigenvalue weighted by Gasteiger charge is -2.10. The highest BCUT2D eigenvalue weighted by atomic mass is 35.5. The Morgan fingerprint density at radius 1 is 1.78 bits per heavy atom. The third kappa shape index (κ3) is 1.48. The van der Waals surface area contributed by atoms with Gasteiger partial charge in [0.25, 0.3) is 0 Å². The second-order valence-electron chi connectivity index (χ2n) is 1.91. The minimum Gasteiger partial charge on any atom is -0.336 e. The van der Waals surface area contributed by atoms with E-state index in [1.54, 1.807) is 4.90 Å². The summed E-state index contributed by atoms with van der Waals surface area (Å²) in [4.78, 5) is 12.4. The van der Waals surface area contributed by atoms with E-state index < -0.39 is 0 Å². The van der Waals surface area contributed by atoms with Gasteiger partial charge >= 0.3 is 6.03 Å². The summed E-state index contributed by atoms with van der Waals surface area (Å²) in [5.41, 5.74) is 0. The molecule has 0 unspecified atom stereocenters. The molecule has 9 heavy (non-hydrogen) atoms. The molecular formula is C5H9ClN2O. The predicted molar refractivity (Wildman–Crippen MR) is 35.7 cm³/mol. The molecule has 0 aliphatic carbocycles. The summed E-state index contributed by atoms with van der Waals surface area (Å²) in [5.74, 6) is 0.521. The lowest BCUT2D eigenvalue weighted by molar-refractivity contribution is 0.220. The van der Waals surface area contributed by atoms with E-state index in [2.05, 4.69) is 5.32 Å². The molecule has 0 radical (unpaired) electrons.